The maximum absolute atomic E-state index is 12.6. The fraction of sp³-hybridized carbons (Fsp3) is 0.943. The normalized spacial score (nSPS) is 11.5. The fourth-order valence-corrected chi connectivity index (χ4v) is 5.57. The fourth-order valence-electron chi connectivity index (χ4n) is 5.57. The average molecular weight is 584 g/mol. The predicted molar refractivity (Wildman–Crippen MR) is 172 cm³/mol. The summed E-state index contributed by atoms with van der Waals surface area (Å²) in [7, 11) is 0. The number of carbonyl (C=O) groups is 2. The minimum atomic E-state index is -0.703. The molecule has 0 bridgehead atoms. The highest BCUT2D eigenvalue weighted by Crippen LogP contribution is 2.18. The molecule has 0 aromatic heterocycles. The number of nitrogens with zero attached hydrogens (tertiary/aromatic N) is 1. The van der Waals surface area contributed by atoms with E-state index < -0.39 is 5.97 Å². The Labute approximate surface area is 254 Å². The lowest BCUT2D eigenvalue weighted by Gasteiger charge is -2.21. The summed E-state index contributed by atoms with van der Waals surface area (Å²) in [5.74, 6) is -0.700. The van der Waals surface area contributed by atoms with Gasteiger partial charge in [0.2, 0.25) is 0 Å². The third kappa shape index (κ3) is 30.1. The lowest BCUT2D eigenvalue weighted by molar-refractivity contribution is -0.150. The number of esters is 1. The van der Waals surface area contributed by atoms with Crippen LogP contribution in [0.1, 0.15) is 181 Å². The number of carboxylic acid groups (broad SMARTS) is 1. The van der Waals surface area contributed by atoms with E-state index in [2.05, 4.69) is 18.7 Å². The van der Waals surface area contributed by atoms with Crippen LogP contribution >= 0.6 is 0 Å². The summed E-state index contributed by atoms with van der Waals surface area (Å²) in [5.41, 5.74) is 0. The Bertz CT molecular complexity index is 555. The second-order valence-electron chi connectivity index (χ2n) is 12.2. The first-order valence-corrected chi connectivity index (χ1v) is 17.8. The van der Waals surface area contributed by atoms with Gasteiger partial charge in [-0.2, -0.15) is 0 Å². The zero-order valence-corrected chi connectivity index (χ0v) is 27.4. The van der Waals surface area contributed by atoms with E-state index >= 15 is 0 Å². The second-order valence-corrected chi connectivity index (χ2v) is 12.2. The molecule has 0 atom stereocenters. The molecule has 0 aliphatic carbocycles. The van der Waals surface area contributed by atoms with Gasteiger partial charge in [0, 0.05) is 19.4 Å². The van der Waals surface area contributed by atoms with Gasteiger partial charge in [-0.1, -0.05) is 117 Å². The molecule has 0 saturated carbocycles. The first-order chi connectivity index (χ1) is 20.0. The quantitative estimate of drug-likeness (QED) is 0.0591. The van der Waals surface area contributed by atoms with Crippen molar-refractivity contribution in [3.63, 3.8) is 0 Å². The van der Waals surface area contributed by atoms with Crippen LogP contribution in [0.2, 0.25) is 0 Å². The molecule has 0 heterocycles. The van der Waals surface area contributed by atoms with Crippen molar-refractivity contribution in [2.45, 2.75) is 187 Å². The molecule has 0 aromatic carbocycles. The molecule has 0 aliphatic rings. The van der Waals surface area contributed by atoms with E-state index in [9.17, 15) is 14.7 Å². The van der Waals surface area contributed by atoms with Gasteiger partial charge >= 0.3 is 11.9 Å². The summed E-state index contributed by atoms with van der Waals surface area (Å²) in [4.78, 5) is 25.5. The van der Waals surface area contributed by atoms with E-state index in [1.54, 1.807) is 0 Å². The standard InChI is InChI=1S/C35H69NO5/c1-3-5-7-9-13-19-25-33(26-20-14-10-8-6-4-2)41-35(40)28-22-16-12-18-24-30-36(31-32-37)29-23-17-11-15-21-27-34(38)39/h33,37H,3-32H2,1-2H3,(H,38,39). The van der Waals surface area contributed by atoms with Crippen LogP contribution in [0, 0.1) is 0 Å². The lowest BCUT2D eigenvalue weighted by Crippen LogP contribution is -2.29. The van der Waals surface area contributed by atoms with Gasteiger partial charge < -0.3 is 19.8 Å². The van der Waals surface area contributed by atoms with Crippen LogP contribution in [-0.4, -0.2) is 59.4 Å². The Kier molecular flexibility index (Phi) is 30.9. The Balaban J connectivity index is 4.04. The molecular formula is C35H69NO5. The monoisotopic (exact) mass is 584 g/mol. The van der Waals surface area contributed by atoms with Crippen molar-refractivity contribution in [1.82, 2.24) is 4.90 Å². The van der Waals surface area contributed by atoms with Crippen molar-refractivity contribution in [1.29, 1.82) is 0 Å². The molecule has 0 radical (unpaired) electrons. The van der Waals surface area contributed by atoms with Crippen molar-refractivity contribution in [2.75, 3.05) is 26.2 Å². The molecular weight excluding hydrogens is 514 g/mol. The molecule has 6 nitrogen and oxygen atoms in total. The minimum absolute atomic E-state index is 0.00375. The second kappa shape index (κ2) is 31.8. The van der Waals surface area contributed by atoms with Crippen LogP contribution in [0.5, 0.6) is 0 Å². The van der Waals surface area contributed by atoms with Crippen LogP contribution in [0.15, 0.2) is 0 Å². The van der Waals surface area contributed by atoms with E-state index in [1.807, 2.05) is 0 Å². The number of hydrogen-bond acceptors (Lipinski definition) is 5. The number of carboxylic acids is 1. The number of unbranched alkanes of at least 4 members (excludes halogenated alkanes) is 18. The first-order valence-electron chi connectivity index (χ1n) is 17.8. The zero-order chi connectivity index (χ0) is 30.2. The number of hydrogen-bond donors (Lipinski definition) is 2. The van der Waals surface area contributed by atoms with Crippen molar-refractivity contribution in [3.8, 4) is 0 Å². The summed E-state index contributed by atoms with van der Waals surface area (Å²) < 4.78 is 5.98. The Morgan fingerprint density at radius 1 is 0.561 bits per heavy atom. The third-order valence-electron chi connectivity index (χ3n) is 8.19. The molecule has 41 heavy (non-hydrogen) atoms. The van der Waals surface area contributed by atoms with Crippen molar-refractivity contribution in [3.05, 3.63) is 0 Å². The molecule has 0 fully saturated rings. The highest BCUT2D eigenvalue weighted by Gasteiger charge is 2.14. The van der Waals surface area contributed by atoms with Crippen LogP contribution in [0.4, 0.5) is 0 Å². The van der Waals surface area contributed by atoms with Gasteiger partial charge in [0.1, 0.15) is 6.10 Å². The Hall–Kier alpha value is -1.14. The van der Waals surface area contributed by atoms with Crippen LogP contribution < -0.4 is 0 Å². The van der Waals surface area contributed by atoms with Gasteiger partial charge in [-0.25, -0.2) is 0 Å². The number of ether oxygens (including phenoxy) is 1. The van der Waals surface area contributed by atoms with E-state index in [4.69, 9.17) is 9.84 Å². The molecule has 0 saturated heterocycles. The lowest BCUT2D eigenvalue weighted by atomic mass is 10.0. The van der Waals surface area contributed by atoms with E-state index in [1.165, 1.54) is 77.0 Å². The summed E-state index contributed by atoms with van der Waals surface area (Å²) in [6.07, 6.45) is 28.8. The molecule has 6 heteroatoms. The smallest absolute Gasteiger partial charge is 0.306 e. The zero-order valence-electron chi connectivity index (χ0n) is 27.4. The predicted octanol–water partition coefficient (Wildman–Crippen LogP) is 9.46. The van der Waals surface area contributed by atoms with Gasteiger partial charge in [0.15, 0.2) is 0 Å². The van der Waals surface area contributed by atoms with E-state index in [0.717, 1.165) is 96.7 Å². The van der Waals surface area contributed by atoms with E-state index in [0.29, 0.717) is 6.42 Å². The van der Waals surface area contributed by atoms with Gasteiger partial charge in [-0.05, 0) is 64.5 Å². The minimum Gasteiger partial charge on any atom is -0.481 e. The molecule has 0 rings (SSSR count). The van der Waals surface area contributed by atoms with Gasteiger partial charge in [0.05, 0.1) is 6.61 Å². The molecule has 0 unspecified atom stereocenters. The molecule has 0 aromatic rings. The number of aliphatic hydroxyl groups is 1. The van der Waals surface area contributed by atoms with Gasteiger partial charge in [0.25, 0.3) is 0 Å². The number of rotatable bonds is 33. The summed E-state index contributed by atoms with van der Waals surface area (Å²) in [6, 6.07) is 0. The molecule has 0 amide bonds. The highest BCUT2D eigenvalue weighted by molar-refractivity contribution is 5.69. The molecule has 2 N–H and O–H groups in total. The van der Waals surface area contributed by atoms with Crippen molar-refractivity contribution >= 4 is 11.9 Å². The third-order valence-corrected chi connectivity index (χ3v) is 8.19. The summed E-state index contributed by atoms with van der Waals surface area (Å²) in [5, 5.41) is 18.1. The molecule has 0 spiro atoms. The molecule has 244 valence electrons. The summed E-state index contributed by atoms with van der Waals surface area (Å²) in [6.45, 7) is 7.44. The van der Waals surface area contributed by atoms with Crippen molar-refractivity contribution < 1.29 is 24.5 Å². The largest absolute Gasteiger partial charge is 0.481 e. The summed E-state index contributed by atoms with van der Waals surface area (Å²) >= 11 is 0. The SMILES string of the molecule is CCCCCCCCC(CCCCCCCC)OC(=O)CCCCCCCN(CCO)CCCCCCCC(=O)O. The number of aliphatic hydroxyl groups excluding tert-OH is 1. The van der Waals surface area contributed by atoms with Crippen LogP contribution in [0.3, 0.4) is 0 Å². The average Bonchev–Trinajstić information content (AvgIpc) is 2.95. The van der Waals surface area contributed by atoms with Gasteiger partial charge in [-0.3, -0.25) is 9.59 Å². The van der Waals surface area contributed by atoms with Crippen LogP contribution in [-0.2, 0) is 14.3 Å². The van der Waals surface area contributed by atoms with Gasteiger partial charge in [-0.15, -0.1) is 0 Å². The number of carbonyl (C=O) groups excluding carboxylic acids is 1. The topological polar surface area (TPSA) is 87.1 Å². The van der Waals surface area contributed by atoms with Crippen molar-refractivity contribution in [2.24, 2.45) is 0 Å². The molecule has 0 aliphatic heterocycles. The maximum atomic E-state index is 12.6. The Morgan fingerprint density at radius 3 is 1.44 bits per heavy atom. The van der Waals surface area contributed by atoms with E-state index in [-0.39, 0.29) is 25.1 Å². The Morgan fingerprint density at radius 2 is 0.976 bits per heavy atom. The maximum Gasteiger partial charge on any atom is 0.306 e. The first kappa shape index (κ1) is 39.9. The van der Waals surface area contributed by atoms with Crippen LogP contribution in [0.25, 0.3) is 0 Å². The highest BCUT2D eigenvalue weighted by atomic mass is 16.5. The number of aliphatic carboxylic acids is 1.